The van der Waals surface area contributed by atoms with Crippen molar-refractivity contribution in [3.8, 4) is 0 Å². The normalized spacial score (nSPS) is 24.1. The summed E-state index contributed by atoms with van der Waals surface area (Å²) in [7, 11) is 3.17. The summed E-state index contributed by atoms with van der Waals surface area (Å²) in [6.45, 7) is 2.56. The summed E-state index contributed by atoms with van der Waals surface area (Å²) >= 11 is 1.49. The van der Waals surface area contributed by atoms with Gasteiger partial charge in [0, 0.05) is 32.4 Å². The minimum absolute atomic E-state index is 0.108. The van der Waals surface area contributed by atoms with Gasteiger partial charge in [-0.25, -0.2) is 9.37 Å². The minimum Gasteiger partial charge on any atom is -0.346 e. The Morgan fingerprint density at radius 3 is 2.88 bits per heavy atom. The van der Waals surface area contributed by atoms with E-state index in [0.717, 1.165) is 10.8 Å². The van der Waals surface area contributed by atoms with E-state index in [2.05, 4.69) is 4.98 Å². The molecule has 4 nitrogen and oxygen atoms in total. The molecule has 0 saturated carbocycles. The molecule has 1 aromatic rings. The van der Waals surface area contributed by atoms with Crippen LogP contribution in [-0.4, -0.2) is 48.6 Å². The van der Waals surface area contributed by atoms with Gasteiger partial charge in [0.2, 0.25) is 5.67 Å². The Balaban J connectivity index is 2.11. The highest BCUT2D eigenvalue weighted by Crippen LogP contribution is 2.32. The lowest BCUT2D eigenvalue weighted by atomic mass is 10.0. The van der Waals surface area contributed by atoms with E-state index < -0.39 is 11.6 Å². The first-order chi connectivity index (χ1) is 7.92. The van der Waals surface area contributed by atoms with Crippen LogP contribution in [0.3, 0.4) is 0 Å². The first kappa shape index (κ1) is 12.3. The molecular formula is C11H16FN3OS. The predicted molar refractivity (Wildman–Crippen MR) is 66.2 cm³/mol. The lowest BCUT2D eigenvalue weighted by Crippen LogP contribution is -2.44. The molecule has 1 aliphatic heterocycles. The highest BCUT2D eigenvalue weighted by Gasteiger charge is 2.46. The van der Waals surface area contributed by atoms with Crippen LogP contribution in [0.4, 0.5) is 9.52 Å². The third kappa shape index (κ3) is 2.26. The number of anilines is 1. The second-order valence-corrected chi connectivity index (χ2v) is 5.44. The second kappa shape index (κ2) is 4.25. The van der Waals surface area contributed by atoms with Gasteiger partial charge >= 0.3 is 0 Å². The molecule has 0 aromatic carbocycles. The fourth-order valence-corrected chi connectivity index (χ4v) is 2.83. The van der Waals surface area contributed by atoms with Gasteiger partial charge in [-0.05, 0) is 6.92 Å². The molecular weight excluding hydrogens is 241 g/mol. The van der Waals surface area contributed by atoms with E-state index >= 15 is 0 Å². The van der Waals surface area contributed by atoms with Gasteiger partial charge < -0.3 is 9.80 Å². The molecule has 2 heterocycles. The molecule has 0 radical (unpaired) electrons. The summed E-state index contributed by atoms with van der Waals surface area (Å²) in [6.07, 6.45) is 0.239. The maximum atomic E-state index is 14.4. The number of aromatic nitrogens is 1. The van der Waals surface area contributed by atoms with Crippen LogP contribution >= 0.6 is 11.3 Å². The van der Waals surface area contributed by atoms with Gasteiger partial charge in [0.25, 0.3) is 5.91 Å². The zero-order valence-electron chi connectivity index (χ0n) is 10.2. The number of rotatable bonds is 2. The summed E-state index contributed by atoms with van der Waals surface area (Å²) in [4.78, 5) is 19.2. The summed E-state index contributed by atoms with van der Waals surface area (Å²) in [5, 5.41) is 2.73. The van der Waals surface area contributed by atoms with Gasteiger partial charge in [-0.1, -0.05) is 0 Å². The molecule has 1 amide bonds. The van der Waals surface area contributed by atoms with Crippen molar-refractivity contribution in [1.82, 2.24) is 9.88 Å². The number of hydrogen-bond donors (Lipinski definition) is 0. The van der Waals surface area contributed by atoms with Crippen LogP contribution in [0, 0.1) is 6.92 Å². The molecule has 0 bridgehead atoms. The van der Waals surface area contributed by atoms with Crippen molar-refractivity contribution >= 4 is 22.4 Å². The molecule has 17 heavy (non-hydrogen) atoms. The van der Waals surface area contributed by atoms with Crippen molar-refractivity contribution in [3.63, 3.8) is 0 Å². The van der Waals surface area contributed by atoms with Gasteiger partial charge in [-0.3, -0.25) is 4.79 Å². The van der Waals surface area contributed by atoms with Crippen LogP contribution in [0.2, 0.25) is 0 Å². The van der Waals surface area contributed by atoms with Crippen molar-refractivity contribution in [2.75, 3.05) is 32.1 Å². The quantitative estimate of drug-likeness (QED) is 0.805. The summed E-state index contributed by atoms with van der Waals surface area (Å²) in [6, 6.07) is 0. The van der Waals surface area contributed by atoms with Crippen LogP contribution in [-0.2, 0) is 4.79 Å². The minimum atomic E-state index is -1.76. The standard InChI is InChI=1S/C11H16FN3OS/c1-8-6-17-10(13-8)15-5-4-11(12,7-15)9(16)14(2)3/h6H,4-5,7H2,1-3H3. The highest BCUT2D eigenvalue weighted by atomic mass is 32.1. The number of hydrogen-bond acceptors (Lipinski definition) is 4. The molecule has 0 spiro atoms. The SMILES string of the molecule is Cc1csc(N2CCC(F)(C(=O)N(C)C)C2)n1. The lowest BCUT2D eigenvalue weighted by molar-refractivity contribution is -0.139. The highest BCUT2D eigenvalue weighted by molar-refractivity contribution is 7.13. The van der Waals surface area contributed by atoms with E-state index in [-0.39, 0.29) is 13.0 Å². The monoisotopic (exact) mass is 257 g/mol. The van der Waals surface area contributed by atoms with E-state index in [1.807, 2.05) is 17.2 Å². The van der Waals surface area contributed by atoms with Crippen LogP contribution in [0.1, 0.15) is 12.1 Å². The molecule has 1 aliphatic rings. The third-order valence-corrected chi connectivity index (χ3v) is 3.91. The average Bonchev–Trinajstić information content (AvgIpc) is 2.84. The van der Waals surface area contributed by atoms with Crippen LogP contribution in [0.15, 0.2) is 5.38 Å². The summed E-state index contributed by atoms with van der Waals surface area (Å²) in [5.74, 6) is -0.451. The van der Waals surface area contributed by atoms with Crippen molar-refractivity contribution < 1.29 is 9.18 Å². The van der Waals surface area contributed by atoms with Gasteiger partial charge in [-0.15, -0.1) is 11.3 Å². The molecule has 94 valence electrons. The molecule has 1 saturated heterocycles. The van der Waals surface area contributed by atoms with Crippen molar-refractivity contribution in [2.24, 2.45) is 0 Å². The number of amides is 1. The molecule has 1 fully saturated rings. The molecule has 1 atom stereocenters. The molecule has 0 N–H and O–H groups in total. The Labute approximate surface area is 104 Å². The molecule has 1 unspecified atom stereocenters. The Hall–Kier alpha value is -1.17. The maximum absolute atomic E-state index is 14.4. The van der Waals surface area contributed by atoms with Crippen LogP contribution in [0.5, 0.6) is 0 Å². The maximum Gasteiger partial charge on any atom is 0.261 e. The number of thiazole rings is 1. The Bertz CT molecular complexity index is 434. The number of alkyl halides is 1. The number of nitrogens with zero attached hydrogens (tertiary/aromatic N) is 3. The predicted octanol–water partition coefficient (Wildman–Crippen LogP) is 1.46. The third-order valence-electron chi connectivity index (χ3n) is 2.89. The van der Waals surface area contributed by atoms with E-state index in [1.54, 1.807) is 14.1 Å². The molecule has 1 aromatic heterocycles. The molecule has 0 aliphatic carbocycles. The average molecular weight is 257 g/mol. The smallest absolute Gasteiger partial charge is 0.261 e. The largest absolute Gasteiger partial charge is 0.346 e. The van der Waals surface area contributed by atoms with Gasteiger partial charge in [0.05, 0.1) is 12.2 Å². The lowest BCUT2D eigenvalue weighted by Gasteiger charge is -2.23. The van der Waals surface area contributed by atoms with Gasteiger partial charge in [-0.2, -0.15) is 0 Å². The fraction of sp³-hybridized carbons (Fsp3) is 0.636. The first-order valence-corrected chi connectivity index (χ1v) is 6.38. The van der Waals surface area contributed by atoms with E-state index in [1.165, 1.54) is 16.2 Å². The van der Waals surface area contributed by atoms with Gasteiger partial charge in [0.15, 0.2) is 5.13 Å². The number of halogens is 1. The first-order valence-electron chi connectivity index (χ1n) is 5.50. The molecule has 6 heteroatoms. The Morgan fingerprint density at radius 1 is 1.65 bits per heavy atom. The van der Waals surface area contributed by atoms with Crippen LogP contribution in [0.25, 0.3) is 0 Å². The topological polar surface area (TPSA) is 36.4 Å². The Morgan fingerprint density at radius 2 is 2.35 bits per heavy atom. The summed E-state index contributed by atoms with van der Waals surface area (Å²) < 4.78 is 14.4. The summed E-state index contributed by atoms with van der Waals surface area (Å²) in [5.41, 5.74) is -0.830. The zero-order valence-corrected chi connectivity index (χ0v) is 11.1. The van der Waals surface area contributed by atoms with E-state index in [4.69, 9.17) is 0 Å². The van der Waals surface area contributed by atoms with Crippen molar-refractivity contribution in [2.45, 2.75) is 19.0 Å². The van der Waals surface area contributed by atoms with Crippen molar-refractivity contribution in [1.29, 1.82) is 0 Å². The van der Waals surface area contributed by atoms with Crippen molar-refractivity contribution in [3.05, 3.63) is 11.1 Å². The zero-order chi connectivity index (χ0) is 12.6. The van der Waals surface area contributed by atoms with Crippen LogP contribution < -0.4 is 4.90 Å². The van der Waals surface area contributed by atoms with E-state index in [9.17, 15) is 9.18 Å². The Kier molecular flexibility index (Phi) is 3.07. The van der Waals surface area contributed by atoms with E-state index in [0.29, 0.717) is 6.54 Å². The number of carbonyl (C=O) groups is 1. The number of aryl methyl sites for hydroxylation is 1. The molecule has 2 rings (SSSR count). The second-order valence-electron chi connectivity index (χ2n) is 4.61. The fourth-order valence-electron chi connectivity index (χ4n) is 2.00. The van der Waals surface area contributed by atoms with Gasteiger partial charge in [0.1, 0.15) is 0 Å². The number of carbonyl (C=O) groups excluding carboxylic acids is 1.